The van der Waals surface area contributed by atoms with Crippen molar-refractivity contribution < 1.29 is 59.1 Å². The SMILES string of the molecule is COc1cc(C2Oc3c(O)cc([C@H]4Oc5cc(O)cc(O)c5C(=O)[C@@H]4O)cc3OC2CO)cc(OC)c1O. The van der Waals surface area contributed by atoms with Crippen LogP contribution in [0.4, 0.5) is 0 Å². The van der Waals surface area contributed by atoms with E-state index in [9.17, 15) is 35.4 Å². The molecule has 0 amide bonds. The fourth-order valence-electron chi connectivity index (χ4n) is 4.56. The maximum Gasteiger partial charge on any atom is 0.204 e. The van der Waals surface area contributed by atoms with Crippen molar-refractivity contribution >= 4 is 5.78 Å². The molecule has 2 unspecified atom stereocenters. The quantitative estimate of drug-likeness (QED) is 0.284. The number of ketones is 1. The smallest absolute Gasteiger partial charge is 0.204 e. The Balaban J connectivity index is 1.52. The number of ether oxygens (including phenoxy) is 5. The Morgan fingerprint density at radius 1 is 0.789 bits per heavy atom. The first-order valence-electron chi connectivity index (χ1n) is 11.4. The van der Waals surface area contributed by atoms with Crippen molar-refractivity contribution in [3.63, 3.8) is 0 Å². The number of fused-ring (bicyclic) bond motifs is 2. The highest BCUT2D eigenvalue weighted by atomic mass is 16.6. The minimum atomic E-state index is -1.75. The van der Waals surface area contributed by atoms with Crippen molar-refractivity contribution in [3.05, 3.63) is 53.1 Å². The van der Waals surface area contributed by atoms with Crippen LogP contribution < -0.4 is 23.7 Å². The summed E-state index contributed by atoms with van der Waals surface area (Å²) in [4.78, 5) is 12.8. The average molecular weight is 528 g/mol. The lowest BCUT2D eigenvalue weighted by atomic mass is 9.92. The van der Waals surface area contributed by atoms with Crippen LogP contribution in [0.5, 0.6) is 51.7 Å². The van der Waals surface area contributed by atoms with E-state index in [1.807, 2.05) is 0 Å². The van der Waals surface area contributed by atoms with Gasteiger partial charge in [-0.2, -0.15) is 0 Å². The van der Waals surface area contributed by atoms with Gasteiger partial charge < -0.3 is 54.3 Å². The molecule has 0 radical (unpaired) electrons. The third kappa shape index (κ3) is 3.99. The van der Waals surface area contributed by atoms with Gasteiger partial charge in [-0.3, -0.25) is 4.79 Å². The molecule has 0 saturated carbocycles. The van der Waals surface area contributed by atoms with E-state index in [-0.39, 0.29) is 51.4 Å². The molecule has 0 aliphatic carbocycles. The van der Waals surface area contributed by atoms with Gasteiger partial charge in [0.25, 0.3) is 0 Å². The number of carbonyl (C=O) groups is 1. The van der Waals surface area contributed by atoms with Crippen LogP contribution in [0.25, 0.3) is 0 Å². The first-order chi connectivity index (χ1) is 18.2. The van der Waals surface area contributed by atoms with Crippen LogP contribution in [0.3, 0.4) is 0 Å². The molecule has 0 aromatic heterocycles. The maximum atomic E-state index is 12.8. The number of rotatable bonds is 5. The molecular formula is C26H24O12. The maximum absolute atomic E-state index is 12.8. The molecular weight excluding hydrogens is 504 g/mol. The Hall–Kier alpha value is -4.55. The molecule has 2 heterocycles. The van der Waals surface area contributed by atoms with E-state index in [1.54, 1.807) is 0 Å². The number of aliphatic hydroxyl groups is 2. The normalized spacial score (nSPS) is 21.8. The number of hydrogen-bond acceptors (Lipinski definition) is 12. The summed E-state index contributed by atoms with van der Waals surface area (Å²) < 4.78 is 28.0. The fraction of sp³-hybridized carbons (Fsp3) is 0.269. The van der Waals surface area contributed by atoms with Gasteiger partial charge in [-0.1, -0.05) is 0 Å². The highest BCUT2D eigenvalue weighted by molar-refractivity contribution is 6.05. The van der Waals surface area contributed by atoms with Crippen LogP contribution in [0.1, 0.15) is 33.7 Å². The van der Waals surface area contributed by atoms with Crippen molar-refractivity contribution in [2.75, 3.05) is 20.8 Å². The summed E-state index contributed by atoms with van der Waals surface area (Å²) >= 11 is 0. The predicted molar refractivity (Wildman–Crippen MR) is 128 cm³/mol. The van der Waals surface area contributed by atoms with Crippen LogP contribution in [0.2, 0.25) is 0 Å². The van der Waals surface area contributed by atoms with Gasteiger partial charge in [-0.25, -0.2) is 0 Å². The monoisotopic (exact) mass is 528 g/mol. The zero-order chi connectivity index (χ0) is 27.3. The van der Waals surface area contributed by atoms with E-state index in [0.717, 1.165) is 12.1 Å². The topological polar surface area (TPSA) is 185 Å². The molecule has 0 fully saturated rings. The molecule has 38 heavy (non-hydrogen) atoms. The number of aliphatic hydroxyl groups excluding tert-OH is 2. The van der Waals surface area contributed by atoms with Gasteiger partial charge in [-0.15, -0.1) is 0 Å². The van der Waals surface area contributed by atoms with Crippen LogP contribution in [0, 0.1) is 0 Å². The minimum Gasteiger partial charge on any atom is -0.508 e. The van der Waals surface area contributed by atoms with E-state index in [4.69, 9.17) is 23.7 Å². The Morgan fingerprint density at radius 2 is 1.45 bits per heavy atom. The summed E-state index contributed by atoms with van der Waals surface area (Å²) in [6, 6.07) is 7.62. The highest BCUT2D eigenvalue weighted by Gasteiger charge is 2.41. The Labute approximate surface area is 215 Å². The molecule has 0 bridgehead atoms. The predicted octanol–water partition coefficient (Wildman–Crippen LogP) is 2.08. The molecule has 12 nitrogen and oxygen atoms in total. The number of phenolic OH excluding ortho intramolecular Hbond substituents is 4. The van der Waals surface area contributed by atoms with Gasteiger partial charge in [-0.05, 0) is 24.3 Å². The highest BCUT2D eigenvalue weighted by Crippen LogP contribution is 2.50. The van der Waals surface area contributed by atoms with Crippen LogP contribution in [-0.2, 0) is 0 Å². The largest absolute Gasteiger partial charge is 0.508 e. The molecule has 0 saturated heterocycles. The van der Waals surface area contributed by atoms with Crippen molar-refractivity contribution in [3.8, 4) is 51.7 Å². The lowest BCUT2D eigenvalue weighted by Gasteiger charge is -2.35. The molecule has 6 N–H and O–H groups in total. The summed E-state index contributed by atoms with van der Waals surface area (Å²) in [5.74, 6) is -2.43. The van der Waals surface area contributed by atoms with Crippen molar-refractivity contribution in [1.82, 2.24) is 0 Å². The van der Waals surface area contributed by atoms with E-state index < -0.39 is 48.3 Å². The molecule has 3 aromatic rings. The standard InChI is InChI=1S/C26H24O12/c1-34-16-4-11(5-17(35-2)21(16)31)24-19(9-27)36-18-6-10(3-14(30)26(18)38-24)25-23(33)22(32)20-13(29)7-12(28)8-15(20)37-25/h3-8,19,23-25,27-31,33H,9H2,1-2H3/t19?,23-,24?,25+/m0/s1. The third-order valence-electron chi connectivity index (χ3n) is 6.38. The molecule has 12 heteroatoms. The fourth-order valence-corrected chi connectivity index (χ4v) is 4.56. The first kappa shape index (κ1) is 25.1. The molecule has 200 valence electrons. The average Bonchev–Trinajstić information content (AvgIpc) is 2.89. The Bertz CT molecular complexity index is 1390. The zero-order valence-electron chi connectivity index (χ0n) is 20.1. The summed E-state index contributed by atoms with van der Waals surface area (Å²) in [7, 11) is 2.71. The second kappa shape index (κ2) is 9.39. The molecule has 2 aliphatic heterocycles. The molecule has 2 aliphatic rings. The number of methoxy groups -OCH3 is 2. The van der Waals surface area contributed by atoms with Gasteiger partial charge in [0, 0.05) is 23.3 Å². The van der Waals surface area contributed by atoms with E-state index >= 15 is 0 Å². The third-order valence-corrected chi connectivity index (χ3v) is 6.38. The van der Waals surface area contributed by atoms with E-state index in [2.05, 4.69) is 0 Å². The number of benzene rings is 3. The van der Waals surface area contributed by atoms with Crippen LogP contribution in [0.15, 0.2) is 36.4 Å². The lowest BCUT2D eigenvalue weighted by molar-refractivity contribution is -0.0148. The number of aromatic hydroxyl groups is 4. The lowest BCUT2D eigenvalue weighted by Crippen LogP contribution is -2.37. The summed E-state index contributed by atoms with van der Waals surface area (Å²) in [6.45, 7) is -0.506. The van der Waals surface area contributed by atoms with Crippen molar-refractivity contribution in [2.24, 2.45) is 0 Å². The first-order valence-corrected chi connectivity index (χ1v) is 11.4. The summed E-state index contributed by atoms with van der Waals surface area (Å²) in [5, 5.41) is 61.6. The molecule has 5 rings (SSSR count). The summed E-state index contributed by atoms with van der Waals surface area (Å²) in [6.07, 6.45) is -5.02. The van der Waals surface area contributed by atoms with E-state index in [0.29, 0.717) is 5.56 Å². The number of phenols is 4. The van der Waals surface area contributed by atoms with Gasteiger partial charge in [0.15, 0.2) is 47.4 Å². The van der Waals surface area contributed by atoms with Gasteiger partial charge in [0.1, 0.15) is 22.8 Å². The molecule has 0 spiro atoms. The van der Waals surface area contributed by atoms with Crippen LogP contribution in [-0.4, -0.2) is 69.5 Å². The Morgan fingerprint density at radius 3 is 2.08 bits per heavy atom. The minimum absolute atomic E-state index is 0.000750. The van der Waals surface area contributed by atoms with Crippen LogP contribution >= 0.6 is 0 Å². The van der Waals surface area contributed by atoms with Gasteiger partial charge in [0.05, 0.1) is 20.8 Å². The van der Waals surface area contributed by atoms with E-state index in [1.165, 1.54) is 38.5 Å². The molecule has 4 atom stereocenters. The van der Waals surface area contributed by atoms with Crippen molar-refractivity contribution in [1.29, 1.82) is 0 Å². The number of Topliss-reactive ketones (excluding diaryl/α,β-unsaturated/α-hetero) is 1. The number of carbonyl (C=O) groups excluding carboxylic acids is 1. The second-order valence-electron chi connectivity index (χ2n) is 8.70. The summed E-state index contributed by atoms with van der Waals surface area (Å²) in [5.41, 5.74) is 0.260. The zero-order valence-corrected chi connectivity index (χ0v) is 20.1. The molecule has 3 aromatic carbocycles. The van der Waals surface area contributed by atoms with Crippen molar-refractivity contribution in [2.45, 2.75) is 24.4 Å². The second-order valence-corrected chi connectivity index (χ2v) is 8.70. The Kier molecular flexibility index (Phi) is 6.21. The van der Waals surface area contributed by atoms with Gasteiger partial charge in [0.2, 0.25) is 17.3 Å². The van der Waals surface area contributed by atoms with Gasteiger partial charge >= 0.3 is 0 Å². The number of hydrogen-bond donors (Lipinski definition) is 6.